The average molecular weight is 553 g/mol. The van der Waals surface area contributed by atoms with Gasteiger partial charge in [-0.2, -0.15) is 0 Å². The minimum absolute atomic E-state index is 0.163. The first-order chi connectivity index (χ1) is 18.5. The van der Waals surface area contributed by atoms with E-state index >= 15 is 0 Å². The first-order valence-electron chi connectivity index (χ1n) is 17.0. The summed E-state index contributed by atoms with van der Waals surface area (Å²) < 4.78 is 0. The minimum atomic E-state index is -0.681. The second-order valence-corrected chi connectivity index (χ2v) is 13.7. The van der Waals surface area contributed by atoms with Crippen LogP contribution < -0.4 is 0 Å². The van der Waals surface area contributed by atoms with Crippen LogP contribution in [0.5, 0.6) is 0 Å². The molecule has 2 N–H and O–H groups in total. The smallest absolute Gasteiger partial charge is 0.310 e. The van der Waals surface area contributed by atoms with Gasteiger partial charge in [-0.25, -0.2) is 0 Å². The number of hydrogen-bond donors (Lipinski definition) is 2. The Labute approximate surface area is 243 Å². The Hall–Kier alpha value is -1.06. The summed E-state index contributed by atoms with van der Waals surface area (Å²) >= 11 is 0. The molecule has 0 heterocycles. The van der Waals surface area contributed by atoms with Crippen LogP contribution in [0, 0.1) is 29.1 Å². The number of carbonyl (C=O) groups is 2. The first-order valence-corrected chi connectivity index (χ1v) is 17.0. The third-order valence-electron chi connectivity index (χ3n) is 9.06. The molecule has 0 bridgehead atoms. The summed E-state index contributed by atoms with van der Waals surface area (Å²) in [6.07, 6.45) is 24.4. The second-order valence-electron chi connectivity index (χ2n) is 13.7. The zero-order chi connectivity index (χ0) is 29.5. The predicted octanol–water partition coefficient (Wildman–Crippen LogP) is 11.3. The molecule has 0 aliphatic rings. The van der Waals surface area contributed by atoms with Crippen molar-refractivity contribution in [2.75, 3.05) is 0 Å². The van der Waals surface area contributed by atoms with E-state index in [2.05, 4.69) is 41.5 Å². The Morgan fingerprint density at radius 2 is 0.872 bits per heavy atom. The molecule has 0 aromatic rings. The second kappa shape index (κ2) is 23.6. The van der Waals surface area contributed by atoms with Crippen molar-refractivity contribution in [3.05, 3.63) is 0 Å². The SMILES string of the molecule is CC(C)CCCCCC(CCCCCCCCCCCCC(=O)O)C(CCCCCC(C)C)(C(=O)O)C(C)C. The van der Waals surface area contributed by atoms with Gasteiger partial charge >= 0.3 is 11.9 Å². The molecular weight excluding hydrogens is 484 g/mol. The van der Waals surface area contributed by atoms with Crippen LogP contribution in [0.25, 0.3) is 0 Å². The molecule has 0 amide bonds. The van der Waals surface area contributed by atoms with Crippen molar-refractivity contribution in [1.29, 1.82) is 0 Å². The van der Waals surface area contributed by atoms with Crippen LogP contribution in [0.1, 0.15) is 183 Å². The van der Waals surface area contributed by atoms with E-state index in [9.17, 15) is 14.7 Å². The summed E-state index contributed by atoms with van der Waals surface area (Å²) in [5, 5.41) is 19.4. The summed E-state index contributed by atoms with van der Waals surface area (Å²) in [5.74, 6) is 0.691. The lowest BCUT2D eigenvalue weighted by Gasteiger charge is -2.41. The van der Waals surface area contributed by atoms with E-state index in [1.807, 2.05) is 0 Å². The molecule has 0 aromatic heterocycles. The van der Waals surface area contributed by atoms with Gasteiger partial charge < -0.3 is 10.2 Å². The molecule has 4 heteroatoms. The van der Waals surface area contributed by atoms with E-state index in [1.54, 1.807) is 0 Å². The zero-order valence-electron chi connectivity index (χ0n) is 27.1. The van der Waals surface area contributed by atoms with Gasteiger partial charge in [0.2, 0.25) is 0 Å². The van der Waals surface area contributed by atoms with Gasteiger partial charge in [0.15, 0.2) is 0 Å². The largest absolute Gasteiger partial charge is 0.481 e. The van der Waals surface area contributed by atoms with Gasteiger partial charge in [0.1, 0.15) is 0 Å². The summed E-state index contributed by atoms with van der Waals surface area (Å²) in [6.45, 7) is 13.5. The summed E-state index contributed by atoms with van der Waals surface area (Å²) in [4.78, 5) is 23.5. The molecule has 0 radical (unpaired) electrons. The van der Waals surface area contributed by atoms with E-state index in [1.165, 1.54) is 77.0 Å². The van der Waals surface area contributed by atoms with Crippen molar-refractivity contribution in [3.8, 4) is 0 Å². The topological polar surface area (TPSA) is 74.6 Å². The van der Waals surface area contributed by atoms with E-state index in [0.29, 0.717) is 6.42 Å². The molecule has 0 rings (SSSR count). The quantitative estimate of drug-likeness (QED) is 0.0946. The van der Waals surface area contributed by atoms with Crippen LogP contribution in [0.4, 0.5) is 0 Å². The molecule has 0 aromatic carbocycles. The highest BCUT2D eigenvalue weighted by molar-refractivity contribution is 5.75. The highest BCUT2D eigenvalue weighted by Gasteiger charge is 2.47. The number of hydrogen-bond acceptors (Lipinski definition) is 2. The van der Waals surface area contributed by atoms with Crippen LogP contribution in [-0.4, -0.2) is 22.2 Å². The van der Waals surface area contributed by atoms with Gasteiger partial charge in [0, 0.05) is 6.42 Å². The van der Waals surface area contributed by atoms with Gasteiger partial charge in [0.05, 0.1) is 5.41 Å². The third-order valence-corrected chi connectivity index (χ3v) is 9.06. The fourth-order valence-electron chi connectivity index (χ4n) is 6.50. The molecule has 0 spiro atoms. The molecule has 39 heavy (non-hydrogen) atoms. The van der Waals surface area contributed by atoms with Gasteiger partial charge in [0.25, 0.3) is 0 Å². The Balaban J connectivity index is 4.80. The molecule has 2 atom stereocenters. The van der Waals surface area contributed by atoms with E-state index in [4.69, 9.17) is 5.11 Å². The van der Waals surface area contributed by atoms with Gasteiger partial charge in [-0.1, -0.05) is 151 Å². The van der Waals surface area contributed by atoms with E-state index in [0.717, 1.165) is 69.6 Å². The summed E-state index contributed by atoms with van der Waals surface area (Å²) in [6, 6.07) is 0. The van der Waals surface area contributed by atoms with Crippen molar-refractivity contribution < 1.29 is 19.8 Å². The lowest BCUT2D eigenvalue weighted by molar-refractivity contribution is -0.158. The van der Waals surface area contributed by atoms with Gasteiger partial charge in [-0.05, 0) is 49.4 Å². The number of rotatable bonds is 28. The number of carboxylic acid groups (broad SMARTS) is 2. The van der Waals surface area contributed by atoms with E-state index < -0.39 is 17.4 Å². The molecular formula is C35H68O4. The highest BCUT2D eigenvalue weighted by atomic mass is 16.4. The molecule has 0 fully saturated rings. The molecule has 0 saturated carbocycles. The van der Waals surface area contributed by atoms with Crippen molar-refractivity contribution in [2.45, 2.75) is 183 Å². The van der Waals surface area contributed by atoms with Crippen LogP contribution in [0.2, 0.25) is 0 Å². The van der Waals surface area contributed by atoms with Gasteiger partial charge in [-0.3, -0.25) is 9.59 Å². The molecule has 0 aliphatic carbocycles. The van der Waals surface area contributed by atoms with E-state index in [-0.39, 0.29) is 11.8 Å². The Morgan fingerprint density at radius 1 is 0.513 bits per heavy atom. The third kappa shape index (κ3) is 18.8. The summed E-state index contributed by atoms with van der Waals surface area (Å²) in [5.41, 5.74) is -0.587. The standard InChI is InChI=1S/C35H68O4/c1-29(2)23-17-15-20-26-32(25-19-13-11-9-7-8-10-12-14-21-27-33(36)37)35(31(5)6,34(38)39)28-22-16-18-24-30(3)4/h29-32H,7-28H2,1-6H3,(H,36,37)(H,38,39). The Kier molecular flexibility index (Phi) is 23.0. The molecule has 4 nitrogen and oxygen atoms in total. The van der Waals surface area contributed by atoms with Crippen LogP contribution >= 0.6 is 0 Å². The van der Waals surface area contributed by atoms with Crippen LogP contribution in [0.15, 0.2) is 0 Å². The maximum atomic E-state index is 13.0. The zero-order valence-corrected chi connectivity index (χ0v) is 27.1. The number of unbranched alkanes of at least 4 members (excludes halogenated alkanes) is 13. The highest BCUT2D eigenvalue weighted by Crippen LogP contribution is 2.46. The monoisotopic (exact) mass is 553 g/mol. The van der Waals surface area contributed by atoms with Crippen molar-refractivity contribution >= 4 is 11.9 Å². The predicted molar refractivity (Wildman–Crippen MR) is 167 cm³/mol. The van der Waals surface area contributed by atoms with Crippen molar-refractivity contribution in [3.63, 3.8) is 0 Å². The molecule has 0 saturated heterocycles. The fourth-order valence-corrected chi connectivity index (χ4v) is 6.50. The van der Waals surface area contributed by atoms with Crippen LogP contribution in [-0.2, 0) is 9.59 Å². The fraction of sp³-hybridized carbons (Fsp3) is 0.943. The molecule has 232 valence electrons. The molecule has 2 unspecified atom stereocenters. The van der Waals surface area contributed by atoms with Gasteiger partial charge in [-0.15, -0.1) is 0 Å². The van der Waals surface area contributed by atoms with Crippen LogP contribution in [0.3, 0.4) is 0 Å². The average Bonchev–Trinajstić information content (AvgIpc) is 2.84. The normalized spacial score (nSPS) is 14.3. The lowest BCUT2D eigenvalue weighted by atomic mass is 9.62. The first kappa shape index (κ1) is 37.9. The number of carboxylic acids is 2. The maximum absolute atomic E-state index is 13.0. The molecule has 0 aliphatic heterocycles. The number of aliphatic carboxylic acids is 2. The minimum Gasteiger partial charge on any atom is -0.481 e. The Morgan fingerprint density at radius 3 is 1.26 bits per heavy atom. The van der Waals surface area contributed by atoms with Crippen molar-refractivity contribution in [1.82, 2.24) is 0 Å². The summed E-state index contributed by atoms with van der Waals surface area (Å²) in [7, 11) is 0. The Bertz CT molecular complexity index is 597. The van der Waals surface area contributed by atoms with Crippen molar-refractivity contribution in [2.24, 2.45) is 29.1 Å². The lowest BCUT2D eigenvalue weighted by Crippen LogP contribution is -2.43. The maximum Gasteiger partial charge on any atom is 0.310 e.